The van der Waals surface area contributed by atoms with E-state index in [2.05, 4.69) is 29.4 Å². The van der Waals surface area contributed by atoms with Crippen LogP contribution in [0.15, 0.2) is 59.8 Å². The lowest BCUT2D eigenvalue weighted by Crippen LogP contribution is -2.26. The predicted molar refractivity (Wildman–Crippen MR) is 114 cm³/mol. The van der Waals surface area contributed by atoms with E-state index in [1.165, 1.54) is 30.0 Å². The Kier molecular flexibility index (Phi) is 7.35. The molecule has 1 amide bonds. The Hall–Kier alpha value is -3.00. The number of ketones is 1. The first-order chi connectivity index (χ1) is 14.5. The molecular weight excluding hydrogens is 403 g/mol. The molecule has 0 radical (unpaired) electrons. The highest BCUT2D eigenvalue weighted by molar-refractivity contribution is 7.99. The van der Waals surface area contributed by atoms with Crippen LogP contribution in [-0.2, 0) is 13.1 Å². The van der Waals surface area contributed by atoms with Gasteiger partial charge < -0.3 is 9.88 Å². The summed E-state index contributed by atoms with van der Waals surface area (Å²) in [7, 11) is 0. The Balaban J connectivity index is 1.69. The fourth-order valence-electron chi connectivity index (χ4n) is 2.84. The lowest BCUT2D eigenvalue weighted by molar-refractivity contribution is 0.0944. The molecule has 0 unspecified atom stereocenters. The fourth-order valence-corrected chi connectivity index (χ4v) is 3.70. The second kappa shape index (κ2) is 10.2. The lowest BCUT2D eigenvalue weighted by atomic mass is 10.2. The zero-order valence-electron chi connectivity index (χ0n) is 16.8. The van der Waals surface area contributed by atoms with Gasteiger partial charge in [0.15, 0.2) is 16.8 Å². The molecular formula is C22H23FN4O2S. The number of halogens is 1. The zero-order chi connectivity index (χ0) is 21.5. The number of carbonyl (C=O) groups excluding carboxylic acids is 2. The van der Waals surface area contributed by atoms with E-state index < -0.39 is 11.7 Å². The molecule has 1 aromatic heterocycles. The average Bonchev–Trinajstić information content (AvgIpc) is 3.12. The molecule has 30 heavy (non-hydrogen) atoms. The number of aromatic nitrogens is 3. The smallest absolute Gasteiger partial charge is 0.254 e. The number of amides is 1. The Morgan fingerprint density at radius 1 is 1.07 bits per heavy atom. The predicted octanol–water partition coefficient (Wildman–Crippen LogP) is 3.98. The summed E-state index contributed by atoms with van der Waals surface area (Å²) in [5.41, 5.74) is 0.632. The molecule has 0 atom stereocenters. The van der Waals surface area contributed by atoms with Gasteiger partial charge in [0.1, 0.15) is 5.82 Å². The summed E-state index contributed by atoms with van der Waals surface area (Å²) in [5, 5.41) is 11.7. The first kappa shape index (κ1) is 21.7. The van der Waals surface area contributed by atoms with Gasteiger partial charge in [0.25, 0.3) is 5.91 Å². The lowest BCUT2D eigenvalue weighted by Gasteiger charge is -2.13. The second-order valence-corrected chi connectivity index (χ2v) is 8.09. The Morgan fingerprint density at radius 2 is 1.77 bits per heavy atom. The van der Waals surface area contributed by atoms with Crippen LogP contribution in [-0.4, -0.2) is 32.2 Å². The average molecular weight is 427 g/mol. The summed E-state index contributed by atoms with van der Waals surface area (Å²) < 4.78 is 15.7. The zero-order valence-corrected chi connectivity index (χ0v) is 17.7. The fraction of sp³-hybridized carbons (Fsp3) is 0.273. The Bertz CT molecular complexity index is 1020. The van der Waals surface area contributed by atoms with Crippen molar-refractivity contribution in [3.8, 4) is 0 Å². The maximum absolute atomic E-state index is 13.8. The van der Waals surface area contributed by atoms with E-state index >= 15 is 0 Å². The molecule has 1 N–H and O–H groups in total. The highest BCUT2D eigenvalue weighted by Gasteiger charge is 2.17. The number of rotatable bonds is 9. The Morgan fingerprint density at radius 3 is 2.47 bits per heavy atom. The van der Waals surface area contributed by atoms with E-state index in [0.29, 0.717) is 29.0 Å². The molecule has 0 saturated heterocycles. The van der Waals surface area contributed by atoms with Gasteiger partial charge >= 0.3 is 0 Å². The van der Waals surface area contributed by atoms with Crippen molar-refractivity contribution in [1.29, 1.82) is 0 Å². The molecule has 0 saturated carbocycles. The number of carbonyl (C=O) groups is 2. The number of nitrogens with one attached hydrogen (secondary N) is 1. The third-order valence-corrected chi connectivity index (χ3v) is 5.26. The molecule has 6 nitrogen and oxygen atoms in total. The molecule has 0 aliphatic heterocycles. The van der Waals surface area contributed by atoms with Crippen molar-refractivity contribution in [2.24, 2.45) is 5.92 Å². The van der Waals surface area contributed by atoms with Crippen LogP contribution >= 0.6 is 11.8 Å². The first-order valence-corrected chi connectivity index (χ1v) is 10.6. The summed E-state index contributed by atoms with van der Waals surface area (Å²) in [4.78, 5) is 24.7. The van der Waals surface area contributed by atoms with Crippen molar-refractivity contribution in [3.05, 3.63) is 77.4 Å². The minimum atomic E-state index is -0.575. The number of nitrogens with zero attached hydrogens (tertiary/aromatic N) is 3. The van der Waals surface area contributed by atoms with Crippen molar-refractivity contribution in [2.45, 2.75) is 32.1 Å². The van der Waals surface area contributed by atoms with Gasteiger partial charge in [-0.15, -0.1) is 10.2 Å². The monoisotopic (exact) mass is 426 g/mol. The van der Waals surface area contributed by atoms with Crippen molar-refractivity contribution in [2.75, 3.05) is 5.75 Å². The van der Waals surface area contributed by atoms with Crippen molar-refractivity contribution in [3.63, 3.8) is 0 Å². The molecule has 0 aliphatic carbocycles. The second-order valence-electron chi connectivity index (χ2n) is 7.14. The topological polar surface area (TPSA) is 76.9 Å². The number of benzene rings is 2. The normalized spacial score (nSPS) is 10.9. The van der Waals surface area contributed by atoms with Gasteiger partial charge in [0.2, 0.25) is 0 Å². The Labute approximate surface area is 178 Å². The van der Waals surface area contributed by atoms with Gasteiger partial charge in [-0.1, -0.05) is 68.1 Å². The standard InChI is InChI=1S/C22H23FN4O2S/c1-15(2)13-27-20(12-24-21(29)17-10-6-7-11-18(17)23)25-26-22(27)30-14-19(28)16-8-4-3-5-9-16/h3-11,15H,12-14H2,1-2H3,(H,24,29). The largest absolute Gasteiger partial charge is 0.345 e. The maximum atomic E-state index is 13.8. The van der Waals surface area contributed by atoms with Crippen LogP contribution in [0.25, 0.3) is 0 Å². The molecule has 8 heteroatoms. The third-order valence-electron chi connectivity index (χ3n) is 4.29. The molecule has 1 heterocycles. The van der Waals surface area contributed by atoms with E-state index in [1.807, 2.05) is 22.8 Å². The minimum absolute atomic E-state index is 0.00843. The maximum Gasteiger partial charge on any atom is 0.254 e. The molecule has 3 rings (SSSR count). The van der Waals surface area contributed by atoms with E-state index in [1.54, 1.807) is 18.2 Å². The van der Waals surface area contributed by atoms with E-state index in [-0.39, 0.29) is 23.6 Å². The van der Waals surface area contributed by atoms with Crippen molar-refractivity contribution in [1.82, 2.24) is 20.1 Å². The first-order valence-electron chi connectivity index (χ1n) is 9.61. The van der Waals surface area contributed by atoms with Gasteiger partial charge in [-0.05, 0) is 18.1 Å². The SMILES string of the molecule is CC(C)Cn1c(CNC(=O)c2ccccc2F)nnc1SCC(=O)c1ccccc1. The van der Waals surface area contributed by atoms with Crippen LogP contribution in [0.5, 0.6) is 0 Å². The van der Waals surface area contributed by atoms with Crippen LogP contribution in [0.1, 0.15) is 40.4 Å². The summed E-state index contributed by atoms with van der Waals surface area (Å²) in [6, 6.07) is 14.9. The van der Waals surface area contributed by atoms with Crippen molar-refractivity contribution < 1.29 is 14.0 Å². The minimum Gasteiger partial charge on any atom is -0.345 e. The third kappa shape index (κ3) is 5.54. The molecule has 0 fully saturated rings. The van der Waals surface area contributed by atoms with Gasteiger partial charge in [-0.3, -0.25) is 9.59 Å². The van der Waals surface area contributed by atoms with E-state index in [0.717, 1.165) is 0 Å². The van der Waals surface area contributed by atoms with Crippen LogP contribution in [0, 0.1) is 11.7 Å². The number of hydrogen-bond acceptors (Lipinski definition) is 5. The van der Waals surface area contributed by atoms with E-state index in [4.69, 9.17) is 0 Å². The molecule has 3 aromatic rings. The quantitative estimate of drug-likeness (QED) is 0.414. The molecule has 0 spiro atoms. The van der Waals surface area contributed by atoms with Gasteiger partial charge in [0, 0.05) is 12.1 Å². The van der Waals surface area contributed by atoms with Crippen LogP contribution < -0.4 is 5.32 Å². The highest BCUT2D eigenvalue weighted by Crippen LogP contribution is 2.20. The van der Waals surface area contributed by atoms with Gasteiger partial charge in [0.05, 0.1) is 17.9 Å². The molecule has 2 aromatic carbocycles. The van der Waals surface area contributed by atoms with Gasteiger partial charge in [-0.25, -0.2) is 4.39 Å². The van der Waals surface area contributed by atoms with Gasteiger partial charge in [-0.2, -0.15) is 0 Å². The number of thioether (sulfide) groups is 1. The summed E-state index contributed by atoms with van der Waals surface area (Å²) in [6.45, 7) is 4.87. The van der Waals surface area contributed by atoms with Crippen molar-refractivity contribution >= 4 is 23.5 Å². The van der Waals surface area contributed by atoms with Crippen LogP contribution in [0.2, 0.25) is 0 Å². The highest BCUT2D eigenvalue weighted by atomic mass is 32.2. The molecule has 156 valence electrons. The molecule has 0 aliphatic rings. The summed E-state index contributed by atoms with van der Waals surface area (Å²) in [6.07, 6.45) is 0. The van der Waals surface area contributed by atoms with Crippen LogP contribution in [0.4, 0.5) is 4.39 Å². The summed E-state index contributed by atoms with van der Waals surface area (Å²) >= 11 is 1.31. The molecule has 0 bridgehead atoms. The van der Waals surface area contributed by atoms with E-state index in [9.17, 15) is 14.0 Å². The number of Topliss-reactive ketones (excluding diaryl/α,β-unsaturated/α-hetero) is 1. The number of hydrogen-bond donors (Lipinski definition) is 1. The summed E-state index contributed by atoms with van der Waals surface area (Å²) in [5.74, 6) is 0.0280. The van der Waals surface area contributed by atoms with Crippen LogP contribution in [0.3, 0.4) is 0 Å².